The zero-order chi connectivity index (χ0) is 13.8. The van der Waals surface area contributed by atoms with Crippen LogP contribution in [0.3, 0.4) is 0 Å². The van der Waals surface area contributed by atoms with Crippen LogP contribution in [-0.2, 0) is 6.54 Å². The molecule has 0 bridgehead atoms. The molecule has 2 aromatic rings. The summed E-state index contributed by atoms with van der Waals surface area (Å²) in [4.78, 5) is 8.29. The van der Waals surface area contributed by atoms with Crippen LogP contribution in [-0.4, -0.2) is 9.97 Å². The number of hydrogen-bond acceptors (Lipinski definition) is 5. The number of benzene rings is 1. The third-order valence-electron chi connectivity index (χ3n) is 2.44. The number of halogens is 2. The van der Waals surface area contributed by atoms with Gasteiger partial charge in [-0.1, -0.05) is 17.7 Å². The lowest BCUT2D eigenvalue weighted by molar-refractivity contribution is 0.627. The summed E-state index contributed by atoms with van der Waals surface area (Å²) in [6, 6.07) is 6.24. The van der Waals surface area contributed by atoms with Gasteiger partial charge in [-0.15, -0.1) is 0 Å². The van der Waals surface area contributed by atoms with Crippen molar-refractivity contribution in [2.24, 2.45) is 5.84 Å². The molecule has 5 nitrogen and oxygen atoms in total. The first-order valence-corrected chi connectivity index (χ1v) is 5.96. The third kappa shape index (κ3) is 3.52. The Balaban J connectivity index is 2.09. The van der Waals surface area contributed by atoms with Gasteiger partial charge in [-0.25, -0.2) is 20.2 Å². The molecule has 0 aliphatic heterocycles. The van der Waals surface area contributed by atoms with Crippen molar-refractivity contribution in [3.05, 3.63) is 46.5 Å². The Hall–Kier alpha value is -1.92. The molecule has 0 amide bonds. The Morgan fingerprint density at radius 2 is 2.00 bits per heavy atom. The minimum Gasteiger partial charge on any atom is -0.366 e. The van der Waals surface area contributed by atoms with E-state index in [9.17, 15) is 4.39 Å². The number of nitrogen functional groups attached to an aromatic ring is 1. The molecule has 1 heterocycles. The zero-order valence-electron chi connectivity index (χ0n) is 10.2. The maximum absolute atomic E-state index is 13.0. The van der Waals surface area contributed by atoms with E-state index in [4.69, 9.17) is 17.4 Å². The lowest BCUT2D eigenvalue weighted by Gasteiger charge is -2.08. The predicted octanol–water partition coefficient (Wildman–Crippen LogP) is 2.48. The normalized spacial score (nSPS) is 10.3. The highest BCUT2D eigenvalue weighted by Gasteiger charge is 2.03. The molecule has 100 valence electrons. The molecule has 1 aromatic heterocycles. The number of hydrazine groups is 1. The topological polar surface area (TPSA) is 75.9 Å². The van der Waals surface area contributed by atoms with Crippen LogP contribution in [0.4, 0.5) is 16.0 Å². The van der Waals surface area contributed by atoms with Crippen LogP contribution in [0.5, 0.6) is 0 Å². The fourth-order valence-electron chi connectivity index (χ4n) is 1.57. The molecule has 19 heavy (non-hydrogen) atoms. The first-order valence-electron chi connectivity index (χ1n) is 5.58. The fourth-order valence-corrected chi connectivity index (χ4v) is 1.78. The maximum atomic E-state index is 13.0. The van der Waals surface area contributed by atoms with E-state index in [1.165, 1.54) is 6.07 Å². The molecule has 0 radical (unpaired) electrons. The van der Waals surface area contributed by atoms with Gasteiger partial charge in [0.05, 0.1) is 5.02 Å². The minimum atomic E-state index is -0.432. The Bertz CT molecular complexity index is 590. The highest BCUT2D eigenvalue weighted by molar-refractivity contribution is 6.30. The Morgan fingerprint density at radius 1 is 1.26 bits per heavy atom. The van der Waals surface area contributed by atoms with E-state index in [0.29, 0.717) is 24.0 Å². The number of nitrogens with zero attached hydrogens (tertiary/aromatic N) is 2. The second-order valence-corrected chi connectivity index (χ2v) is 4.34. The smallest absolute Gasteiger partial charge is 0.145 e. The lowest BCUT2D eigenvalue weighted by Crippen LogP contribution is -2.11. The zero-order valence-corrected chi connectivity index (χ0v) is 11.0. The third-order valence-corrected chi connectivity index (χ3v) is 2.73. The number of aryl methyl sites for hydroxylation is 1. The van der Waals surface area contributed by atoms with Gasteiger partial charge in [-0.3, -0.25) is 0 Å². The van der Waals surface area contributed by atoms with Gasteiger partial charge in [0.15, 0.2) is 0 Å². The summed E-state index contributed by atoms with van der Waals surface area (Å²) in [7, 11) is 0. The van der Waals surface area contributed by atoms with Crippen molar-refractivity contribution in [3.8, 4) is 0 Å². The Labute approximate surface area is 115 Å². The van der Waals surface area contributed by atoms with Crippen molar-refractivity contribution in [1.82, 2.24) is 9.97 Å². The van der Waals surface area contributed by atoms with Crippen molar-refractivity contribution in [2.75, 3.05) is 10.7 Å². The largest absolute Gasteiger partial charge is 0.366 e. The molecule has 7 heteroatoms. The van der Waals surface area contributed by atoms with E-state index in [2.05, 4.69) is 20.7 Å². The average Bonchev–Trinajstić information content (AvgIpc) is 2.39. The van der Waals surface area contributed by atoms with Gasteiger partial charge >= 0.3 is 0 Å². The molecule has 0 aliphatic rings. The van der Waals surface area contributed by atoms with Crippen molar-refractivity contribution in [3.63, 3.8) is 0 Å². The van der Waals surface area contributed by atoms with E-state index >= 15 is 0 Å². The van der Waals surface area contributed by atoms with Gasteiger partial charge in [0, 0.05) is 12.6 Å². The molecule has 0 saturated heterocycles. The summed E-state index contributed by atoms with van der Waals surface area (Å²) in [5.41, 5.74) is 3.31. The van der Waals surface area contributed by atoms with Gasteiger partial charge < -0.3 is 10.7 Å². The molecule has 0 aliphatic carbocycles. The number of hydrogen-bond donors (Lipinski definition) is 3. The van der Waals surface area contributed by atoms with E-state index in [1.807, 2.05) is 0 Å². The molecule has 2 rings (SSSR count). The standard InChI is InChI=1S/C12H13ClFN5/c1-7-17-11(5-12(18-7)19-15)16-6-8-2-3-10(14)9(13)4-8/h2-5H,6,15H2,1H3,(H2,16,17,18,19). The van der Waals surface area contributed by atoms with E-state index < -0.39 is 5.82 Å². The van der Waals surface area contributed by atoms with Gasteiger partial charge in [0.1, 0.15) is 23.3 Å². The molecular weight excluding hydrogens is 269 g/mol. The highest BCUT2D eigenvalue weighted by Crippen LogP contribution is 2.17. The maximum Gasteiger partial charge on any atom is 0.145 e. The summed E-state index contributed by atoms with van der Waals surface area (Å²) >= 11 is 5.71. The second kappa shape index (κ2) is 5.81. The van der Waals surface area contributed by atoms with E-state index in [-0.39, 0.29) is 5.02 Å². The van der Waals surface area contributed by atoms with Crippen molar-refractivity contribution >= 4 is 23.2 Å². The number of aromatic nitrogens is 2. The monoisotopic (exact) mass is 281 g/mol. The van der Waals surface area contributed by atoms with Crippen molar-refractivity contribution < 1.29 is 4.39 Å². The Kier molecular flexibility index (Phi) is 4.13. The minimum absolute atomic E-state index is 0.0995. The van der Waals surface area contributed by atoms with Crippen molar-refractivity contribution in [2.45, 2.75) is 13.5 Å². The molecule has 0 spiro atoms. The van der Waals surface area contributed by atoms with Crippen LogP contribution in [0.25, 0.3) is 0 Å². The lowest BCUT2D eigenvalue weighted by atomic mass is 10.2. The second-order valence-electron chi connectivity index (χ2n) is 3.93. The predicted molar refractivity (Wildman–Crippen MR) is 73.3 cm³/mol. The molecule has 0 atom stereocenters. The van der Waals surface area contributed by atoms with Gasteiger partial charge in [0.25, 0.3) is 0 Å². The van der Waals surface area contributed by atoms with Gasteiger partial charge in [0.2, 0.25) is 0 Å². The number of nitrogens with one attached hydrogen (secondary N) is 2. The SMILES string of the molecule is Cc1nc(NN)cc(NCc2ccc(F)c(Cl)c2)n1. The molecule has 4 N–H and O–H groups in total. The van der Waals surface area contributed by atoms with Crippen LogP contribution in [0.15, 0.2) is 24.3 Å². The van der Waals surface area contributed by atoms with E-state index in [1.54, 1.807) is 25.1 Å². The number of rotatable bonds is 4. The van der Waals surface area contributed by atoms with Crippen LogP contribution >= 0.6 is 11.6 Å². The van der Waals surface area contributed by atoms with E-state index in [0.717, 1.165) is 5.56 Å². The molecule has 0 saturated carbocycles. The van der Waals surface area contributed by atoms with Crippen LogP contribution in [0, 0.1) is 12.7 Å². The molecule has 0 fully saturated rings. The van der Waals surface area contributed by atoms with Gasteiger partial charge in [-0.05, 0) is 24.6 Å². The fraction of sp³-hybridized carbons (Fsp3) is 0.167. The summed E-state index contributed by atoms with van der Waals surface area (Å²) in [5.74, 6) is 6.61. The first-order chi connectivity index (χ1) is 9.08. The molecule has 1 aromatic carbocycles. The van der Waals surface area contributed by atoms with Crippen LogP contribution in [0.2, 0.25) is 5.02 Å². The summed E-state index contributed by atoms with van der Waals surface area (Å²) in [5, 5.41) is 3.19. The molecule has 0 unspecified atom stereocenters. The summed E-state index contributed by atoms with van der Waals surface area (Å²) < 4.78 is 13.0. The molecular formula is C12H13ClFN5. The average molecular weight is 282 g/mol. The number of anilines is 2. The highest BCUT2D eigenvalue weighted by atomic mass is 35.5. The summed E-state index contributed by atoms with van der Waals surface area (Å²) in [6.07, 6.45) is 0. The first kappa shape index (κ1) is 13.5. The Morgan fingerprint density at radius 3 is 2.68 bits per heavy atom. The summed E-state index contributed by atoms with van der Waals surface area (Å²) in [6.45, 7) is 2.24. The van der Waals surface area contributed by atoms with Gasteiger partial charge in [-0.2, -0.15) is 0 Å². The number of nitrogens with two attached hydrogens (primary N) is 1. The van der Waals surface area contributed by atoms with Crippen molar-refractivity contribution in [1.29, 1.82) is 0 Å². The van der Waals surface area contributed by atoms with Crippen LogP contribution < -0.4 is 16.6 Å². The quantitative estimate of drug-likeness (QED) is 0.593. The van der Waals surface area contributed by atoms with Crippen LogP contribution in [0.1, 0.15) is 11.4 Å².